The summed E-state index contributed by atoms with van der Waals surface area (Å²) in [5, 5.41) is 6.78. The fourth-order valence-corrected chi connectivity index (χ4v) is 10.5. The van der Waals surface area contributed by atoms with Crippen molar-refractivity contribution in [2.45, 2.75) is 0 Å². The second-order valence-electron chi connectivity index (χ2n) is 17.5. The highest BCUT2D eigenvalue weighted by Gasteiger charge is 2.24. The zero-order valence-electron chi connectivity index (χ0n) is 37.2. The molecule has 0 fully saturated rings. The van der Waals surface area contributed by atoms with Gasteiger partial charge in [-0.3, -0.25) is 0 Å². The molecule has 0 N–H and O–H groups in total. The molecule has 4 aromatic heterocycles. The molecule has 0 spiro atoms. The predicted molar refractivity (Wildman–Crippen MR) is 283 cm³/mol. The lowest BCUT2D eigenvalue weighted by Gasteiger charge is -2.14. The van der Waals surface area contributed by atoms with E-state index in [0.29, 0.717) is 17.5 Å². The normalized spacial score (nSPS) is 11.8. The molecule has 0 saturated carbocycles. The third kappa shape index (κ3) is 6.16. The highest BCUT2D eigenvalue weighted by atomic mass is 16.3. The standard InChI is InChI=1S/C63H39N5O/c1-4-18-40(19-5-1)45-24-10-12-28-53(45)62-64-61(65-63(66-62)54-29-13-11-25-46(54)41-20-6-2-7-21-41)42-32-34-44(35-33-42)68-56-31-17-15-27-48(56)50-37-39-52-51-38-36-49-47-26-14-16-30-55(47)67(43-22-8-3-9-23-43)57(49)59(51)69-60(52)58(50)68/h1-39H. The summed E-state index contributed by atoms with van der Waals surface area (Å²) >= 11 is 0. The topological polar surface area (TPSA) is 61.7 Å². The van der Waals surface area contributed by atoms with Crippen molar-refractivity contribution in [2.75, 3.05) is 0 Å². The van der Waals surface area contributed by atoms with E-state index in [1.54, 1.807) is 0 Å². The van der Waals surface area contributed by atoms with Gasteiger partial charge in [-0.2, -0.15) is 0 Å². The van der Waals surface area contributed by atoms with Crippen LogP contribution in [-0.4, -0.2) is 24.1 Å². The maximum absolute atomic E-state index is 7.28. The van der Waals surface area contributed by atoms with E-state index in [9.17, 15) is 0 Å². The summed E-state index contributed by atoms with van der Waals surface area (Å²) in [6.07, 6.45) is 0. The first-order valence-corrected chi connectivity index (χ1v) is 23.3. The van der Waals surface area contributed by atoms with Crippen molar-refractivity contribution in [3.8, 4) is 67.8 Å². The van der Waals surface area contributed by atoms with Crippen molar-refractivity contribution in [3.63, 3.8) is 0 Å². The third-order valence-corrected chi connectivity index (χ3v) is 13.6. The summed E-state index contributed by atoms with van der Waals surface area (Å²) in [5.74, 6) is 1.81. The second kappa shape index (κ2) is 15.6. The fourth-order valence-electron chi connectivity index (χ4n) is 10.5. The van der Waals surface area contributed by atoms with E-state index in [0.717, 1.165) is 110 Å². The van der Waals surface area contributed by atoms with Crippen molar-refractivity contribution in [3.05, 3.63) is 237 Å². The number of hydrogen-bond donors (Lipinski definition) is 0. The van der Waals surface area contributed by atoms with Gasteiger partial charge >= 0.3 is 0 Å². The Morgan fingerprint density at radius 3 is 1.13 bits per heavy atom. The lowest BCUT2D eigenvalue weighted by molar-refractivity contribution is 0.673. The smallest absolute Gasteiger partial charge is 0.164 e. The van der Waals surface area contributed by atoms with E-state index >= 15 is 0 Å². The number of fused-ring (bicyclic) bond motifs is 11. The molecule has 0 aliphatic rings. The molecule has 69 heavy (non-hydrogen) atoms. The Balaban J connectivity index is 0.970. The number of aromatic nitrogens is 5. The Kier molecular flexibility index (Phi) is 8.79. The molecule has 0 atom stereocenters. The second-order valence-corrected chi connectivity index (χ2v) is 17.5. The molecule has 0 saturated heterocycles. The summed E-state index contributed by atoms with van der Waals surface area (Å²) < 4.78 is 12.0. The Morgan fingerprint density at radius 2 is 0.638 bits per heavy atom. The Hall–Kier alpha value is -9.39. The van der Waals surface area contributed by atoms with Crippen LogP contribution >= 0.6 is 0 Å². The first-order chi connectivity index (χ1) is 34.2. The number of rotatable bonds is 7. The van der Waals surface area contributed by atoms with Crippen LogP contribution in [0.2, 0.25) is 0 Å². The first-order valence-electron chi connectivity index (χ1n) is 23.3. The monoisotopic (exact) mass is 881 g/mol. The molecule has 322 valence electrons. The van der Waals surface area contributed by atoms with E-state index < -0.39 is 0 Å². The maximum Gasteiger partial charge on any atom is 0.164 e. The molecule has 6 heteroatoms. The van der Waals surface area contributed by atoms with Crippen LogP contribution < -0.4 is 0 Å². The average Bonchev–Trinajstić information content (AvgIpc) is 4.10. The van der Waals surface area contributed by atoms with Gasteiger partial charge in [0, 0.05) is 60.4 Å². The first kappa shape index (κ1) is 38.8. The molecule has 0 unspecified atom stereocenters. The van der Waals surface area contributed by atoms with E-state index in [1.165, 1.54) is 5.39 Å². The van der Waals surface area contributed by atoms with Gasteiger partial charge in [0.1, 0.15) is 0 Å². The molecule has 0 aliphatic carbocycles. The number of nitrogens with zero attached hydrogens (tertiary/aromatic N) is 5. The summed E-state index contributed by atoms with van der Waals surface area (Å²) in [5.41, 5.74) is 15.2. The molecule has 0 radical (unpaired) electrons. The van der Waals surface area contributed by atoms with Crippen LogP contribution in [0, 0.1) is 0 Å². The van der Waals surface area contributed by atoms with Gasteiger partial charge < -0.3 is 13.6 Å². The molecular formula is C63H39N5O. The van der Waals surface area contributed by atoms with Gasteiger partial charge in [0.2, 0.25) is 0 Å². The molecule has 10 aromatic carbocycles. The molecule has 0 bridgehead atoms. The van der Waals surface area contributed by atoms with Gasteiger partial charge in [-0.1, -0.05) is 176 Å². The molecule has 0 aliphatic heterocycles. The van der Waals surface area contributed by atoms with Crippen molar-refractivity contribution in [2.24, 2.45) is 0 Å². The van der Waals surface area contributed by atoms with Gasteiger partial charge in [0.05, 0.1) is 22.1 Å². The van der Waals surface area contributed by atoms with E-state index in [4.69, 9.17) is 19.4 Å². The Labute approximate surface area is 396 Å². The average molecular weight is 882 g/mol. The van der Waals surface area contributed by atoms with Crippen LogP contribution in [-0.2, 0) is 0 Å². The zero-order valence-corrected chi connectivity index (χ0v) is 37.2. The summed E-state index contributed by atoms with van der Waals surface area (Å²) in [7, 11) is 0. The third-order valence-electron chi connectivity index (χ3n) is 13.6. The highest BCUT2D eigenvalue weighted by molar-refractivity contribution is 6.26. The molecule has 6 nitrogen and oxygen atoms in total. The largest absolute Gasteiger partial charge is 0.452 e. The predicted octanol–water partition coefficient (Wildman–Crippen LogP) is 16.3. The van der Waals surface area contributed by atoms with Gasteiger partial charge in [-0.25, -0.2) is 15.0 Å². The van der Waals surface area contributed by atoms with Crippen molar-refractivity contribution >= 4 is 65.6 Å². The molecule has 14 rings (SSSR count). The number of hydrogen-bond acceptors (Lipinski definition) is 4. The van der Waals surface area contributed by atoms with Gasteiger partial charge in [0.25, 0.3) is 0 Å². The highest BCUT2D eigenvalue weighted by Crippen LogP contribution is 2.45. The van der Waals surface area contributed by atoms with Crippen LogP contribution in [0.3, 0.4) is 0 Å². The van der Waals surface area contributed by atoms with Gasteiger partial charge in [-0.05, 0) is 82.9 Å². The van der Waals surface area contributed by atoms with E-state index in [1.807, 2.05) is 24.3 Å². The fraction of sp³-hybridized carbons (Fsp3) is 0. The minimum Gasteiger partial charge on any atom is -0.452 e. The number of benzene rings is 10. The molecule has 0 amide bonds. The summed E-state index contributed by atoms with van der Waals surface area (Å²) in [6.45, 7) is 0. The van der Waals surface area contributed by atoms with Crippen molar-refractivity contribution < 1.29 is 4.42 Å². The van der Waals surface area contributed by atoms with Gasteiger partial charge in [0.15, 0.2) is 28.6 Å². The van der Waals surface area contributed by atoms with Crippen molar-refractivity contribution in [1.82, 2.24) is 24.1 Å². The van der Waals surface area contributed by atoms with Crippen LogP contribution in [0.1, 0.15) is 0 Å². The van der Waals surface area contributed by atoms with Gasteiger partial charge in [-0.15, -0.1) is 0 Å². The van der Waals surface area contributed by atoms with E-state index in [-0.39, 0.29) is 0 Å². The number of para-hydroxylation sites is 3. The van der Waals surface area contributed by atoms with Crippen molar-refractivity contribution in [1.29, 1.82) is 0 Å². The molecule has 4 heterocycles. The van der Waals surface area contributed by atoms with Crippen LogP contribution in [0.25, 0.3) is 133 Å². The minimum absolute atomic E-state index is 0.590. The van der Waals surface area contributed by atoms with E-state index in [2.05, 4.69) is 221 Å². The SMILES string of the molecule is c1ccc(-c2ccccc2-c2nc(-c3ccc(-n4c5ccccc5c5ccc6c7ccc8c9ccccc9n(-c9ccccc9)c8c7oc6c54)cc3)nc(-c3ccccc3-c3ccccc3)n2)cc1. The quantitative estimate of drug-likeness (QED) is 0.160. The number of furan rings is 1. The summed E-state index contributed by atoms with van der Waals surface area (Å²) in [4.78, 5) is 15.8. The summed E-state index contributed by atoms with van der Waals surface area (Å²) in [6, 6.07) is 83.0. The lowest BCUT2D eigenvalue weighted by atomic mass is 9.98. The zero-order chi connectivity index (χ0) is 45.4. The Morgan fingerprint density at radius 1 is 0.261 bits per heavy atom. The van der Waals surface area contributed by atoms with Crippen LogP contribution in [0.15, 0.2) is 241 Å². The van der Waals surface area contributed by atoms with Crippen LogP contribution in [0.4, 0.5) is 0 Å². The minimum atomic E-state index is 0.590. The maximum atomic E-state index is 7.28. The van der Waals surface area contributed by atoms with Crippen LogP contribution in [0.5, 0.6) is 0 Å². The molecule has 14 aromatic rings. The Bertz CT molecular complexity index is 4180. The lowest BCUT2D eigenvalue weighted by Crippen LogP contribution is -2.02. The molecular weight excluding hydrogens is 843 g/mol.